The minimum Gasteiger partial charge on any atom is -0.418 e. The molecule has 0 atom stereocenters. The highest BCUT2D eigenvalue weighted by atomic mass is 16.4. The fourth-order valence-electron chi connectivity index (χ4n) is 0.701. The molecule has 0 saturated carbocycles. The minimum absolute atomic E-state index is 0.361. The standard InChI is InChI=1S/C5H5N5O/c1-3-8-10-5(11-3)4-6-2-7-9-4/h2H,1H3,(H,6,7,9). The first kappa shape index (κ1) is 6.02. The van der Waals surface area contributed by atoms with Crippen LogP contribution in [0.2, 0.25) is 0 Å². The summed E-state index contributed by atoms with van der Waals surface area (Å²) in [7, 11) is 0. The normalized spacial score (nSPS) is 10.3. The highest BCUT2D eigenvalue weighted by Gasteiger charge is 2.06. The molecule has 0 fully saturated rings. The fraction of sp³-hybridized carbons (Fsp3) is 0.200. The maximum Gasteiger partial charge on any atom is 0.285 e. The number of aryl methyl sites for hydroxylation is 1. The summed E-state index contributed by atoms with van der Waals surface area (Å²) in [5.74, 6) is 1.36. The molecule has 6 nitrogen and oxygen atoms in total. The summed E-state index contributed by atoms with van der Waals surface area (Å²) in [4.78, 5) is 3.84. The van der Waals surface area contributed by atoms with Crippen molar-refractivity contribution in [3.05, 3.63) is 12.2 Å². The molecule has 0 radical (unpaired) electrons. The minimum atomic E-state index is 0.361. The Kier molecular flexibility index (Phi) is 1.18. The van der Waals surface area contributed by atoms with Crippen LogP contribution in [0.3, 0.4) is 0 Å². The molecule has 0 amide bonds. The van der Waals surface area contributed by atoms with Crippen molar-refractivity contribution in [3.63, 3.8) is 0 Å². The molecule has 0 bridgehead atoms. The molecule has 0 unspecified atom stereocenters. The second-order valence-corrected chi connectivity index (χ2v) is 1.96. The number of hydrogen-bond donors (Lipinski definition) is 1. The summed E-state index contributed by atoms with van der Waals surface area (Å²) in [6.07, 6.45) is 1.38. The first-order valence-corrected chi connectivity index (χ1v) is 3.02. The summed E-state index contributed by atoms with van der Waals surface area (Å²) in [5, 5.41) is 13.6. The molecule has 0 spiro atoms. The van der Waals surface area contributed by atoms with Gasteiger partial charge in [-0.1, -0.05) is 0 Å². The highest BCUT2D eigenvalue weighted by molar-refractivity contribution is 5.36. The molecule has 1 N–H and O–H groups in total. The average molecular weight is 151 g/mol. The maximum absolute atomic E-state index is 5.07. The van der Waals surface area contributed by atoms with Crippen LogP contribution in [0.25, 0.3) is 11.7 Å². The number of nitrogens with one attached hydrogen (secondary N) is 1. The SMILES string of the molecule is Cc1nnc(-c2ncn[nH]2)o1. The van der Waals surface area contributed by atoms with Gasteiger partial charge in [-0.25, -0.2) is 4.98 Å². The van der Waals surface area contributed by atoms with Crippen molar-refractivity contribution >= 4 is 0 Å². The van der Waals surface area contributed by atoms with E-state index in [4.69, 9.17) is 4.42 Å². The topological polar surface area (TPSA) is 80.5 Å². The van der Waals surface area contributed by atoms with E-state index in [2.05, 4.69) is 25.4 Å². The highest BCUT2D eigenvalue weighted by Crippen LogP contribution is 2.09. The lowest BCUT2D eigenvalue weighted by molar-refractivity contribution is 0.529. The molecule has 2 aromatic rings. The third-order valence-corrected chi connectivity index (χ3v) is 1.14. The van der Waals surface area contributed by atoms with Crippen LogP contribution in [0.5, 0.6) is 0 Å². The molecule has 2 aromatic heterocycles. The molecule has 11 heavy (non-hydrogen) atoms. The lowest BCUT2D eigenvalue weighted by Crippen LogP contribution is -1.79. The molecule has 0 saturated heterocycles. The van der Waals surface area contributed by atoms with E-state index in [1.165, 1.54) is 6.33 Å². The van der Waals surface area contributed by atoms with Crippen LogP contribution in [-0.4, -0.2) is 25.4 Å². The number of H-pyrrole nitrogens is 1. The summed E-state index contributed by atoms with van der Waals surface area (Å²) < 4.78 is 5.07. The van der Waals surface area contributed by atoms with Gasteiger partial charge in [-0.3, -0.25) is 5.10 Å². The van der Waals surface area contributed by atoms with Gasteiger partial charge < -0.3 is 4.42 Å². The van der Waals surface area contributed by atoms with Gasteiger partial charge in [-0.05, 0) is 0 Å². The Morgan fingerprint density at radius 1 is 1.45 bits per heavy atom. The molecular weight excluding hydrogens is 146 g/mol. The Morgan fingerprint density at radius 2 is 2.36 bits per heavy atom. The first-order chi connectivity index (χ1) is 5.36. The lowest BCUT2D eigenvalue weighted by atomic mass is 10.6. The van der Waals surface area contributed by atoms with Gasteiger partial charge in [0.1, 0.15) is 6.33 Å². The first-order valence-electron chi connectivity index (χ1n) is 3.02. The van der Waals surface area contributed by atoms with E-state index < -0.39 is 0 Å². The summed E-state index contributed by atoms with van der Waals surface area (Å²) in [6.45, 7) is 1.72. The van der Waals surface area contributed by atoms with Gasteiger partial charge in [0, 0.05) is 6.92 Å². The van der Waals surface area contributed by atoms with Gasteiger partial charge in [0.25, 0.3) is 5.89 Å². The second kappa shape index (κ2) is 2.15. The van der Waals surface area contributed by atoms with E-state index in [1.54, 1.807) is 6.92 Å². The predicted molar refractivity (Wildman–Crippen MR) is 34.4 cm³/mol. The van der Waals surface area contributed by atoms with Crippen molar-refractivity contribution in [2.24, 2.45) is 0 Å². The lowest BCUT2D eigenvalue weighted by Gasteiger charge is -1.81. The van der Waals surface area contributed by atoms with Crippen LogP contribution >= 0.6 is 0 Å². The van der Waals surface area contributed by atoms with Crippen LogP contribution in [0, 0.1) is 6.92 Å². The van der Waals surface area contributed by atoms with Gasteiger partial charge in [0.05, 0.1) is 0 Å². The van der Waals surface area contributed by atoms with E-state index in [0.29, 0.717) is 17.6 Å². The molecular formula is C5H5N5O. The smallest absolute Gasteiger partial charge is 0.285 e. The van der Waals surface area contributed by atoms with Gasteiger partial charge in [0.15, 0.2) is 0 Å². The summed E-state index contributed by atoms with van der Waals surface area (Å²) in [5.41, 5.74) is 0. The van der Waals surface area contributed by atoms with Crippen molar-refractivity contribution in [1.29, 1.82) is 0 Å². The molecule has 2 heterocycles. The van der Waals surface area contributed by atoms with Crippen molar-refractivity contribution in [2.75, 3.05) is 0 Å². The Bertz CT molecular complexity index is 337. The zero-order chi connectivity index (χ0) is 7.68. The Morgan fingerprint density at radius 3 is 2.91 bits per heavy atom. The number of nitrogens with zero attached hydrogens (tertiary/aromatic N) is 4. The Hall–Kier alpha value is -1.72. The molecule has 0 aromatic carbocycles. The van der Waals surface area contributed by atoms with Crippen molar-refractivity contribution in [3.8, 4) is 11.7 Å². The number of aromatic nitrogens is 5. The van der Waals surface area contributed by atoms with Crippen LogP contribution in [-0.2, 0) is 0 Å². The molecule has 0 aliphatic rings. The number of rotatable bonds is 1. The average Bonchev–Trinajstić information content (AvgIpc) is 2.55. The summed E-state index contributed by atoms with van der Waals surface area (Å²) >= 11 is 0. The van der Waals surface area contributed by atoms with Crippen molar-refractivity contribution < 1.29 is 4.42 Å². The third kappa shape index (κ3) is 0.977. The predicted octanol–water partition coefficient (Wildman–Crippen LogP) is 0.163. The largest absolute Gasteiger partial charge is 0.418 e. The van der Waals surface area contributed by atoms with Crippen LogP contribution in [0.15, 0.2) is 10.7 Å². The molecule has 56 valence electrons. The quantitative estimate of drug-likeness (QED) is 0.628. The maximum atomic E-state index is 5.07. The van der Waals surface area contributed by atoms with E-state index in [-0.39, 0.29) is 0 Å². The van der Waals surface area contributed by atoms with Gasteiger partial charge in [0.2, 0.25) is 11.7 Å². The van der Waals surface area contributed by atoms with Crippen LogP contribution < -0.4 is 0 Å². The van der Waals surface area contributed by atoms with E-state index >= 15 is 0 Å². The Labute approximate surface area is 61.7 Å². The van der Waals surface area contributed by atoms with E-state index in [1.807, 2.05) is 0 Å². The number of aromatic amines is 1. The zero-order valence-electron chi connectivity index (χ0n) is 5.77. The molecule has 6 heteroatoms. The molecule has 0 aliphatic heterocycles. The van der Waals surface area contributed by atoms with Crippen LogP contribution in [0.4, 0.5) is 0 Å². The van der Waals surface area contributed by atoms with Crippen LogP contribution in [0.1, 0.15) is 5.89 Å². The van der Waals surface area contributed by atoms with E-state index in [9.17, 15) is 0 Å². The van der Waals surface area contributed by atoms with Crippen molar-refractivity contribution in [2.45, 2.75) is 6.92 Å². The fourth-order valence-corrected chi connectivity index (χ4v) is 0.701. The number of hydrogen-bond acceptors (Lipinski definition) is 5. The van der Waals surface area contributed by atoms with E-state index in [0.717, 1.165) is 0 Å². The zero-order valence-corrected chi connectivity index (χ0v) is 5.77. The third-order valence-electron chi connectivity index (χ3n) is 1.14. The van der Waals surface area contributed by atoms with Gasteiger partial charge >= 0.3 is 0 Å². The van der Waals surface area contributed by atoms with Gasteiger partial charge in [-0.2, -0.15) is 5.10 Å². The summed E-state index contributed by atoms with van der Waals surface area (Å²) in [6, 6.07) is 0. The monoisotopic (exact) mass is 151 g/mol. The van der Waals surface area contributed by atoms with Crippen molar-refractivity contribution in [1.82, 2.24) is 25.4 Å². The van der Waals surface area contributed by atoms with Gasteiger partial charge in [-0.15, -0.1) is 10.2 Å². The second-order valence-electron chi connectivity index (χ2n) is 1.96. The molecule has 2 rings (SSSR count). The molecule has 0 aliphatic carbocycles. The Balaban J connectivity index is 2.45.